The van der Waals surface area contributed by atoms with Crippen LogP contribution in [0.4, 0.5) is 0 Å². The Labute approximate surface area is 112 Å². The van der Waals surface area contributed by atoms with Gasteiger partial charge in [0.2, 0.25) is 0 Å². The standard InChI is InChI=1S/C13H20ClNOS/c1-16-12(13-15-7-8-17-13)11-4-2-3-10(9-14)5-6-11/h7-8,10-12H,2-6,9H2,1H3. The van der Waals surface area contributed by atoms with Gasteiger partial charge in [0.1, 0.15) is 11.1 Å². The van der Waals surface area contributed by atoms with Crippen molar-refractivity contribution in [1.29, 1.82) is 0 Å². The third-order valence-electron chi connectivity index (χ3n) is 3.73. The first-order valence-corrected chi connectivity index (χ1v) is 7.74. The van der Waals surface area contributed by atoms with Crippen LogP contribution in [0.5, 0.6) is 0 Å². The molecule has 1 fully saturated rings. The lowest BCUT2D eigenvalue weighted by Gasteiger charge is -2.23. The normalized spacial score (nSPS) is 27.6. The van der Waals surface area contributed by atoms with Crippen LogP contribution in [0.2, 0.25) is 0 Å². The van der Waals surface area contributed by atoms with Gasteiger partial charge in [-0.25, -0.2) is 4.98 Å². The largest absolute Gasteiger partial charge is 0.374 e. The van der Waals surface area contributed by atoms with Gasteiger partial charge in [-0.15, -0.1) is 22.9 Å². The predicted molar refractivity (Wildman–Crippen MR) is 72.6 cm³/mol. The number of thiazole rings is 1. The number of alkyl halides is 1. The molecule has 0 aliphatic heterocycles. The molecule has 0 saturated heterocycles. The van der Waals surface area contributed by atoms with Gasteiger partial charge in [0.25, 0.3) is 0 Å². The van der Waals surface area contributed by atoms with Crippen molar-refractivity contribution in [2.45, 2.75) is 38.2 Å². The molecule has 2 nitrogen and oxygen atoms in total. The first-order chi connectivity index (χ1) is 8.35. The molecule has 3 atom stereocenters. The van der Waals surface area contributed by atoms with Gasteiger partial charge < -0.3 is 4.74 Å². The van der Waals surface area contributed by atoms with Gasteiger partial charge in [0, 0.05) is 24.6 Å². The summed E-state index contributed by atoms with van der Waals surface area (Å²) in [6.45, 7) is 0. The number of hydrogen-bond donors (Lipinski definition) is 0. The summed E-state index contributed by atoms with van der Waals surface area (Å²) >= 11 is 7.67. The summed E-state index contributed by atoms with van der Waals surface area (Å²) in [5, 5.41) is 3.15. The highest BCUT2D eigenvalue weighted by Gasteiger charge is 2.27. The molecule has 1 aliphatic rings. The molecular weight excluding hydrogens is 254 g/mol. The van der Waals surface area contributed by atoms with Gasteiger partial charge in [0.15, 0.2) is 0 Å². The van der Waals surface area contributed by atoms with Crippen molar-refractivity contribution in [3.8, 4) is 0 Å². The van der Waals surface area contributed by atoms with E-state index in [0.29, 0.717) is 11.8 Å². The average Bonchev–Trinajstić information content (AvgIpc) is 2.76. The number of ether oxygens (including phenoxy) is 1. The highest BCUT2D eigenvalue weighted by molar-refractivity contribution is 7.09. The van der Waals surface area contributed by atoms with Crippen molar-refractivity contribution in [3.63, 3.8) is 0 Å². The van der Waals surface area contributed by atoms with E-state index < -0.39 is 0 Å². The van der Waals surface area contributed by atoms with Crippen LogP contribution in [0.25, 0.3) is 0 Å². The Morgan fingerprint density at radius 1 is 1.47 bits per heavy atom. The molecule has 1 heterocycles. The summed E-state index contributed by atoms with van der Waals surface area (Å²) in [5.74, 6) is 2.12. The minimum atomic E-state index is 0.184. The van der Waals surface area contributed by atoms with Crippen LogP contribution >= 0.6 is 22.9 Å². The number of aromatic nitrogens is 1. The topological polar surface area (TPSA) is 22.1 Å². The molecule has 1 aliphatic carbocycles. The quantitative estimate of drug-likeness (QED) is 0.604. The van der Waals surface area contributed by atoms with Crippen molar-refractivity contribution in [1.82, 2.24) is 4.98 Å². The van der Waals surface area contributed by atoms with E-state index in [9.17, 15) is 0 Å². The second kappa shape index (κ2) is 6.72. The Morgan fingerprint density at radius 3 is 3.00 bits per heavy atom. The summed E-state index contributed by atoms with van der Waals surface area (Å²) in [4.78, 5) is 4.40. The van der Waals surface area contributed by atoms with Gasteiger partial charge in [-0.1, -0.05) is 6.42 Å². The number of nitrogens with zero attached hydrogens (tertiary/aromatic N) is 1. The highest BCUT2D eigenvalue weighted by Crippen LogP contribution is 2.38. The summed E-state index contributed by atoms with van der Waals surface area (Å²) in [7, 11) is 1.80. The maximum Gasteiger partial charge on any atom is 0.122 e. The summed E-state index contributed by atoms with van der Waals surface area (Å²) < 4.78 is 5.67. The van der Waals surface area contributed by atoms with Crippen molar-refractivity contribution in [2.24, 2.45) is 11.8 Å². The van der Waals surface area contributed by atoms with Crippen molar-refractivity contribution in [3.05, 3.63) is 16.6 Å². The van der Waals surface area contributed by atoms with Crippen LogP contribution in [-0.2, 0) is 4.74 Å². The number of rotatable bonds is 4. The first kappa shape index (κ1) is 13.3. The van der Waals surface area contributed by atoms with Gasteiger partial charge in [0.05, 0.1) is 0 Å². The van der Waals surface area contributed by atoms with E-state index in [4.69, 9.17) is 16.3 Å². The van der Waals surface area contributed by atoms with E-state index in [0.717, 1.165) is 10.9 Å². The lowest BCUT2D eigenvalue weighted by molar-refractivity contribution is 0.0442. The molecule has 1 aromatic rings. The fourth-order valence-corrected chi connectivity index (χ4v) is 3.85. The van der Waals surface area contributed by atoms with Crippen LogP contribution in [-0.4, -0.2) is 18.0 Å². The Hall–Kier alpha value is -0.120. The molecule has 0 aromatic carbocycles. The number of hydrogen-bond acceptors (Lipinski definition) is 3. The Morgan fingerprint density at radius 2 is 2.35 bits per heavy atom. The third kappa shape index (κ3) is 3.43. The number of halogens is 1. The molecule has 0 amide bonds. The molecule has 0 radical (unpaired) electrons. The maximum absolute atomic E-state index is 5.97. The molecule has 2 rings (SSSR count). The zero-order chi connectivity index (χ0) is 12.1. The zero-order valence-electron chi connectivity index (χ0n) is 10.3. The van der Waals surface area contributed by atoms with Crippen LogP contribution in [0.3, 0.4) is 0 Å². The van der Waals surface area contributed by atoms with Crippen molar-refractivity contribution >= 4 is 22.9 Å². The minimum absolute atomic E-state index is 0.184. The van der Waals surface area contributed by atoms with Gasteiger partial charge in [-0.2, -0.15) is 0 Å². The Kier molecular flexibility index (Phi) is 5.26. The monoisotopic (exact) mass is 273 g/mol. The predicted octanol–water partition coefficient (Wildman–Crippen LogP) is 4.27. The fraction of sp³-hybridized carbons (Fsp3) is 0.769. The van der Waals surface area contributed by atoms with E-state index in [2.05, 4.69) is 4.98 Å². The second-order valence-electron chi connectivity index (χ2n) is 4.82. The molecule has 3 unspecified atom stereocenters. The van der Waals surface area contributed by atoms with Crippen molar-refractivity contribution in [2.75, 3.05) is 13.0 Å². The highest BCUT2D eigenvalue weighted by atomic mass is 35.5. The Balaban J connectivity index is 2.00. The van der Waals surface area contributed by atoms with Gasteiger partial charge in [-0.05, 0) is 37.5 Å². The summed E-state index contributed by atoms with van der Waals surface area (Å²) in [5.41, 5.74) is 0. The molecular formula is C13H20ClNOS. The average molecular weight is 274 g/mol. The van der Waals surface area contributed by atoms with Crippen LogP contribution in [0, 0.1) is 11.8 Å². The molecule has 96 valence electrons. The van der Waals surface area contributed by atoms with Crippen LogP contribution < -0.4 is 0 Å². The molecule has 1 aromatic heterocycles. The molecule has 17 heavy (non-hydrogen) atoms. The molecule has 0 bridgehead atoms. The second-order valence-corrected chi connectivity index (χ2v) is 6.05. The minimum Gasteiger partial charge on any atom is -0.374 e. The van der Waals surface area contributed by atoms with Gasteiger partial charge >= 0.3 is 0 Å². The SMILES string of the molecule is COC(c1nccs1)C1CCCC(CCl)CC1. The van der Waals surface area contributed by atoms with Crippen LogP contribution in [0.15, 0.2) is 11.6 Å². The van der Waals surface area contributed by atoms with E-state index in [1.54, 1.807) is 18.4 Å². The van der Waals surface area contributed by atoms with Crippen molar-refractivity contribution < 1.29 is 4.74 Å². The first-order valence-electron chi connectivity index (χ1n) is 6.33. The molecule has 0 spiro atoms. The number of methoxy groups -OCH3 is 1. The van der Waals surface area contributed by atoms with E-state index in [1.165, 1.54) is 32.1 Å². The van der Waals surface area contributed by atoms with Crippen LogP contribution in [0.1, 0.15) is 43.2 Å². The van der Waals surface area contributed by atoms with E-state index >= 15 is 0 Å². The fourth-order valence-electron chi connectivity index (χ4n) is 2.73. The summed E-state index contributed by atoms with van der Waals surface area (Å²) in [6.07, 6.45) is 8.29. The molecule has 0 N–H and O–H groups in total. The smallest absolute Gasteiger partial charge is 0.122 e. The van der Waals surface area contributed by atoms with E-state index in [1.807, 2.05) is 11.6 Å². The van der Waals surface area contributed by atoms with E-state index in [-0.39, 0.29) is 6.10 Å². The Bertz CT molecular complexity index is 317. The maximum atomic E-state index is 5.97. The third-order valence-corrected chi connectivity index (χ3v) is 5.00. The molecule has 4 heteroatoms. The molecule has 1 saturated carbocycles. The zero-order valence-corrected chi connectivity index (χ0v) is 11.8. The van der Waals surface area contributed by atoms with Gasteiger partial charge in [-0.3, -0.25) is 0 Å². The summed E-state index contributed by atoms with van der Waals surface area (Å²) in [6, 6.07) is 0. The lowest BCUT2D eigenvalue weighted by atomic mass is 9.93. The lowest BCUT2D eigenvalue weighted by Crippen LogP contribution is -2.14.